The van der Waals surface area contributed by atoms with Crippen LogP contribution in [0.3, 0.4) is 0 Å². The number of hydrogen-bond acceptors (Lipinski definition) is 2. The van der Waals surface area contributed by atoms with Crippen LogP contribution in [-0.2, 0) is 4.74 Å². The summed E-state index contributed by atoms with van der Waals surface area (Å²) in [7, 11) is 0. The fourth-order valence-electron chi connectivity index (χ4n) is 3.18. The second-order valence-electron chi connectivity index (χ2n) is 4.78. The quantitative estimate of drug-likeness (QED) is 0.733. The van der Waals surface area contributed by atoms with Crippen LogP contribution in [-0.4, -0.2) is 25.3 Å². The molecule has 0 radical (unpaired) electrons. The number of piperidine rings is 1. The standard InChI is InChI=1S/C12H23NO/c1-2-12(7-3-4-8-13-12)11-5-9-14-10-6-11/h11,13H,2-10H2,1H3. The van der Waals surface area contributed by atoms with Gasteiger partial charge in [0.05, 0.1) is 0 Å². The summed E-state index contributed by atoms with van der Waals surface area (Å²) >= 11 is 0. The monoisotopic (exact) mass is 197 g/mol. The molecule has 1 atom stereocenters. The number of rotatable bonds is 2. The molecule has 2 aliphatic rings. The van der Waals surface area contributed by atoms with Gasteiger partial charge in [-0.2, -0.15) is 0 Å². The van der Waals surface area contributed by atoms with Gasteiger partial charge in [0.15, 0.2) is 0 Å². The van der Waals surface area contributed by atoms with Crippen molar-refractivity contribution in [1.82, 2.24) is 5.32 Å². The summed E-state index contributed by atoms with van der Waals surface area (Å²) in [6, 6.07) is 0. The lowest BCUT2D eigenvalue weighted by Gasteiger charge is -2.45. The van der Waals surface area contributed by atoms with Crippen LogP contribution in [0.4, 0.5) is 0 Å². The average molecular weight is 197 g/mol. The van der Waals surface area contributed by atoms with Gasteiger partial charge in [-0.3, -0.25) is 0 Å². The molecule has 1 N–H and O–H groups in total. The molecule has 2 rings (SSSR count). The van der Waals surface area contributed by atoms with Crippen LogP contribution in [0.2, 0.25) is 0 Å². The Labute approximate surface area is 87.4 Å². The van der Waals surface area contributed by atoms with Crippen molar-refractivity contribution in [2.45, 2.75) is 51.0 Å². The number of nitrogens with one attached hydrogen (secondary N) is 1. The van der Waals surface area contributed by atoms with Crippen LogP contribution < -0.4 is 5.32 Å². The van der Waals surface area contributed by atoms with Gasteiger partial charge >= 0.3 is 0 Å². The van der Waals surface area contributed by atoms with Crippen LogP contribution in [0.15, 0.2) is 0 Å². The van der Waals surface area contributed by atoms with E-state index in [0.29, 0.717) is 5.54 Å². The van der Waals surface area contributed by atoms with Crippen molar-refractivity contribution in [2.24, 2.45) is 5.92 Å². The fourth-order valence-corrected chi connectivity index (χ4v) is 3.18. The minimum Gasteiger partial charge on any atom is -0.381 e. The third kappa shape index (κ3) is 1.96. The highest BCUT2D eigenvalue weighted by atomic mass is 16.5. The molecule has 0 aromatic carbocycles. The van der Waals surface area contributed by atoms with Crippen molar-refractivity contribution < 1.29 is 4.74 Å². The Morgan fingerprint density at radius 3 is 2.64 bits per heavy atom. The Morgan fingerprint density at radius 1 is 1.29 bits per heavy atom. The zero-order valence-corrected chi connectivity index (χ0v) is 9.35. The molecule has 2 fully saturated rings. The summed E-state index contributed by atoms with van der Waals surface area (Å²) in [5.41, 5.74) is 0.460. The molecule has 0 bridgehead atoms. The molecular weight excluding hydrogens is 174 g/mol. The Bertz CT molecular complexity index is 169. The summed E-state index contributed by atoms with van der Waals surface area (Å²) in [5.74, 6) is 0.863. The summed E-state index contributed by atoms with van der Waals surface area (Å²) in [6.07, 6.45) is 7.98. The van der Waals surface area contributed by atoms with Gasteiger partial charge in [0.1, 0.15) is 0 Å². The molecular formula is C12H23NO. The molecule has 0 amide bonds. The lowest BCUT2D eigenvalue weighted by Crippen LogP contribution is -2.54. The van der Waals surface area contributed by atoms with E-state index in [-0.39, 0.29) is 0 Å². The van der Waals surface area contributed by atoms with Gasteiger partial charge in [-0.15, -0.1) is 0 Å². The highest BCUT2D eigenvalue weighted by Gasteiger charge is 2.38. The highest BCUT2D eigenvalue weighted by molar-refractivity contribution is 4.96. The van der Waals surface area contributed by atoms with Crippen molar-refractivity contribution in [3.8, 4) is 0 Å². The maximum absolute atomic E-state index is 5.45. The third-order valence-corrected chi connectivity index (χ3v) is 4.16. The van der Waals surface area contributed by atoms with E-state index in [1.165, 1.54) is 45.1 Å². The average Bonchev–Trinajstić information content (AvgIpc) is 2.31. The summed E-state index contributed by atoms with van der Waals surface area (Å²) in [4.78, 5) is 0. The molecule has 2 heteroatoms. The van der Waals surface area contributed by atoms with Crippen LogP contribution in [0.25, 0.3) is 0 Å². The van der Waals surface area contributed by atoms with Gasteiger partial charge in [-0.05, 0) is 44.6 Å². The second kappa shape index (κ2) is 4.63. The molecule has 2 heterocycles. The molecule has 2 saturated heterocycles. The molecule has 2 aliphatic heterocycles. The third-order valence-electron chi connectivity index (χ3n) is 4.16. The second-order valence-corrected chi connectivity index (χ2v) is 4.78. The zero-order valence-electron chi connectivity index (χ0n) is 9.35. The van der Waals surface area contributed by atoms with Crippen molar-refractivity contribution in [2.75, 3.05) is 19.8 Å². The van der Waals surface area contributed by atoms with Crippen LogP contribution in [0.1, 0.15) is 45.4 Å². The van der Waals surface area contributed by atoms with E-state index in [0.717, 1.165) is 19.1 Å². The zero-order chi connectivity index (χ0) is 9.86. The van der Waals surface area contributed by atoms with Crippen molar-refractivity contribution in [3.63, 3.8) is 0 Å². The van der Waals surface area contributed by atoms with Crippen LogP contribution in [0.5, 0.6) is 0 Å². The Kier molecular flexibility index (Phi) is 3.45. The normalized spacial score (nSPS) is 35.8. The first-order chi connectivity index (χ1) is 6.87. The fraction of sp³-hybridized carbons (Fsp3) is 1.00. The molecule has 0 aliphatic carbocycles. The first kappa shape index (κ1) is 10.4. The molecule has 0 spiro atoms. The molecule has 2 nitrogen and oxygen atoms in total. The first-order valence-electron chi connectivity index (χ1n) is 6.20. The van der Waals surface area contributed by atoms with E-state index in [2.05, 4.69) is 12.2 Å². The van der Waals surface area contributed by atoms with Crippen molar-refractivity contribution >= 4 is 0 Å². The van der Waals surface area contributed by atoms with Crippen LogP contribution in [0, 0.1) is 5.92 Å². The molecule has 14 heavy (non-hydrogen) atoms. The maximum Gasteiger partial charge on any atom is 0.0469 e. The van der Waals surface area contributed by atoms with Gasteiger partial charge in [0.25, 0.3) is 0 Å². The Morgan fingerprint density at radius 2 is 2.07 bits per heavy atom. The van der Waals surface area contributed by atoms with E-state index in [4.69, 9.17) is 4.74 Å². The minimum absolute atomic E-state index is 0.460. The van der Waals surface area contributed by atoms with Gasteiger partial charge in [-0.1, -0.05) is 13.3 Å². The Balaban J connectivity index is 2.01. The first-order valence-corrected chi connectivity index (χ1v) is 6.20. The van der Waals surface area contributed by atoms with Crippen molar-refractivity contribution in [1.29, 1.82) is 0 Å². The minimum atomic E-state index is 0.460. The molecule has 0 aromatic heterocycles. The van der Waals surface area contributed by atoms with E-state index < -0.39 is 0 Å². The molecule has 0 saturated carbocycles. The summed E-state index contributed by atoms with van der Waals surface area (Å²) < 4.78 is 5.45. The summed E-state index contributed by atoms with van der Waals surface area (Å²) in [5, 5.41) is 3.80. The topological polar surface area (TPSA) is 21.3 Å². The Hall–Kier alpha value is -0.0800. The predicted octanol–water partition coefficient (Wildman–Crippen LogP) is 2.34. The lowest BCUT2D eigenvalue weighted by molar-refractivity contribution is 0.0176. The van der Waals surface area contributed by atoms with Gasteiger partial charge < -0.3 is 10.1 Å². The number of ether oxygens (including phenoxy) is 1. The van der Waals surface area contributed by atoms with Crippen LogP contribution >= 0.6 is 0 Å². The highest BCUT2D eigenvalue weighted by Crippen LogP contribution is 2.36. The van der Waals surface area contributed by atoms with E-state index in [1.807, 2.05) is 0 Å². The van der Waals surface area contributed by atoms with Gasteiger partial charge in [0.2, 0.25) is 0 Å². The van der Waals surface area contributed by atoms with Gasteiger partial charge in [-0.25, -0.2) is 0 Å². The lowest BCUT2D eigenvalue weighted by atomic mass is 9.72. The maximum atomic E-state index is 5.45. The molecule has 82 valence electrons. The summed E-state index contributed by atoms with van der Waals surface area (Å²) in [6.45, 7) is 5.53. The molecule has 0 aromatic rings. The van der Waals surface area contributed by atoms with Gasteiger partial charge in [0, 0.05) is 18.8 Å². The number of hydrogen-bond donors (Lipinski definition) is 1. The SMILES string of the molecule is CCC1(C2CCOCC2)CCCCN1. The van der Waals surface area contributed by atoms with E-state index in [9.17, 15) is 0 Å². The van der Waals surface area contributed by atoms with E-state index >= 15 is 0 Å². The van der Waals surface area contributed by atoms with E-state index in [1.54, 1.807) is 0 Å². The van der Waals surface area contributed by atoms with Crippen molar-refractivity contribution in [3.05, 3.63) is 0 Å². The largest absolute Gasteiger partial charge is 0.381 e. The molecule has 1 unspecified atom stereocenters. The predicted molar refractivity (Wildman–Crippen MR) is 58.4 cm³/mol. The smallest absolute Gasteiger partial charge is 0.0469 e.